The van der Waals surface area contributed by atoms with Crippen molar-refractivity contribution < 1.29 is 28.9 Å². The van der Waals surface area contributed by atoms with Crippen molar-refractivity contribution in [2.75, 3.05) is 32.8 Å². The minimum Gasteiger partial charge on any atom is -0.465 e. The maximum absolute atomic E-state index is 12.1. The summed E-state index contributed by atoms with van der Waals surface area (Å²) < 4.78 is 17.9. The molecule has 0 aliphatic carbocycles. The van der Waals surface area contributed by atoms with Crippen molar-refractivity contribution in [1.82, 2.24) is 15.5 Å². The van der Waals surface area contributed by atoms with Crippen LogP contribution in [0.25, 0.3) is 11.1 Å². The largest absolute Gasteiger partial charge is 0.465 e. The first-order chi connectivity index (χ1) is 21.5. The summed E-state index contributed by atoms with van der Waals surface area (Å²) in [6.07, 6.45) is 4.01. The van der Waals surface area contributed by atoms with E-state index in [1.807, 2.05) is 48.5 Å². The number of hydrogen-bond acceptors (Lipinski definition) is 7. The van der Waals surface area contributed by atoms with Crippen molar-refractivity contribution in [2.24, 2.45) is 0 Å². The number of aliphatic hydroxyl groups excluding tert-OH is 1. The highest BCUT2D eigenvalue weighted by molar-refractivity contribution is 5.80. The van der Waals surface area contributed by atoms with Crippen molar-refractivity contribution in [1.29, 1.82) is 0 Å². The Morgan fingerprint density at radius 2 is 1.64 bits per heavy atom. The Labute approximate surface area is 259 Å². The SMILES string of the molecule is CCOC(=O)CNC(=O)NCc1cccc(-c2ccc([C@@H]3O[C@H](CN4CCCCC4)C[C@H](c4ccc(CO)cc4)O3)cc2)c1. The van der Waals surface area contributed by atoms with E-state index in [4.69, 9.17) is 14.2 Å². The number of amides is 2. The van der Waals surface area contributed by atoms with Gasteiger partial charge >= 0.3 is 12.0 Å². The molecule has 0 radical (unpaired) electrons. The first kappa shape index (κ1) is 31.7. The molecule has 2 aliphatic heterocycles. The average molecular weight is 602 g/mol. The molecule has 9 heteroatoms. The number of aliphatic hydroxyl groups is 1. The van der Waals surface area contributed by atoms with Gasteiger partial charge in [0.15, 0.2) is 6.29 Å². The number of carbonyl (C=O) groups is 2. The summed E-state index contributed by atoms with van der Waals surface area (Å²) in [5, 5.41) is 14.8. The Morgan fingerprint density at radius 3 is 2.36 bits per heavy atom. The van der Waals surface area contributed by atoms with Crippen molar-refractivity contribution in [3.05, 3.63) is 95.1 Å². The highest BCUT2D eigenvalue weighted by Crippen LogP contribution is 2.39. The van der Waals surface area contributed by atoms with Gasteiger partial charge in [-0.2, -0.15) is 0 Å². The summed E-state index contributed by atoms with van der Waals surface area (Å²) >= 11 is 0. The molecule has 2 aliphatic rings. The van der Waals surface area contributed by atoms with Gasteiger partial charge < -0.3 is 34.9 Å². The number of likely N-dealkylation sites (tertiary alicyclic amines) is 1. The van der Waals surface area contributed by atoms with Crippen LogP contribution in [0.15, 0.2) is 72.8 Å². The van der Waals surface area contributed by atoms with Gasteiger partial charge in [-0.25, -0.2) is 4.79 Å². The predicted octanol–water partition coefficient (Wildman–Crippen LogP) is 5.24. The number of nitrogens with zero attached hydrogens (tertiary/aromatic N) is 1. The lowest BCUT2D eigenvalue weighted by atomic mass is 9.98. The molecule has 44 heavy (non-hydrogen) atoms. The summed E-state index contributed by atoms with van der Waals surface area (Å²) in [4.78, 5) is 26.0. The zero-order valence-corrected chi connectivity index (χ0v) is 25.4. The molecule has 0 saturated carbocycles. The molecule has 0 aromatic heterocycles. The fourth-order valence-corrected chi connectivity index (χ4v) is 5.77. The van der Waals surface area contributed by atoms with E-state index < -0.39 is 18.3 Å². The summed E-state index contributed by atoms with van der Waals surface area (Å²) in [5.41, 5.74) is 5.94. The van der Waals surface area contributed by atoms with Gasteiger partial charge in [0, 0.05) is 25.1 Å². The molecule has 5 rings (SSSR count). The van der Waals surface area contributed by atoms with Crippen LogP contribution in [0.2, 0.25) is 0 Å². The number of benzene rings is 3. The molecule has 2 amide bonds. The van der Waals surface area contributed by atoms with E-state index in [0.29, 0.717) is 6.54 Å². The van der Waals surface area contributed by atoms with Crippen LogP contribution in [-0.4, -0.2) is 60.9 Å². The Morgan fingerprint density at radius 1 is 0.886 bits per heavy atom. The monoisotopic (exact) mass is 601 g/mol. The quantitative estimate of drug-likeness (QED) is 0.258. The maximum atomic E-state index is 12.1. The standard InChI is InChI=1S/C35H43N3O6/c1-2-42-33(40)22-37-35(41)36-21-26-7-6-8-30(19-26)27-13-15-29(16-14-27)34-43-31(23-38-17-4-3-5-18-38)20-32(44-34)28-11-9-25(24-39)10-12-28/h6-16,19,31-32,34,39H,2-5,17-18,20-24H2,1H3,(H2,36,37,41)/t31-,32+,34+/m0/s1. The minimum atomic E-state index is -0.487. The second-order valence-electron chi connectivity index (χ2n) is 11.4. The van der Waals surface area contributed by atoms with Crippen LogP contribution in [-0.2, 0) is 32.2 Å². The highest BCUT2D eigenvalue weighted by atomic mass is 16.7. The molecule has 2 fully saturated rings. The highest BCUT2D eigenvalue weighted by Gasteiger charge is 2.33. The van der Waals surface area contributed by atoms with Gasteiger partial charge in [0.05, 0.1) is 25.4 Å². The van der Waals surface area contributed by atoms with Gasteiger partial charge in [0.2, 0.25) is 0 Å². The molecule has 3 aromatic carbocycles. The van der Waals surface area contributed by atoms with Crippen LogP contribution in [0.3, 0.4) is 0 Å². The topological polar surface area (TPSA) is 109 Å². The number of carbonyl (C=O) groups excluding carboxylic acids is 2. The van der Waals surface area contributed by atoms with Crippen molar-refractivity contribution >= 4 is 12.0 Å². The van der Waals surface area contributed by atoms with Crippen molar-refractivity contribution in [3.8, 4) is 11.1 Å². The normalized spacial score (nSPS) is 20.5. The summed E-state index contributed by atoms with van der Waals surface area (Å²) in [6, 6.07) is 23.8. The van der Waals surface area contributed by atoms with E-state index in [1.54, 1.807) is 6.92 Å². The summed E-state index contributed by atoms with van der Waals surface area (Å²) in [7, 11) is 0. The number of nitrogens with one attached hydrogen (secondary N) is 2. The summed E-state index contributed by atoms with van der Waals surface area (Å²) in [5.74, 6) is -0.470. The Bertz CT molecular complexity index is 1360. The van der Waals surface area contributed by atoms with Crippen LogP contribution >= 0.6 is 0 Å². The van der Waals surface area contributed by atoms with E-state index >= 15 is 0 Å². The molecule has 3 aromatic rings. The molecule has 0 spiro atoms. The fourth-order valence-electron chi connectivity index (χ4n) is 5.77. The molecule has 0 bridgehead atoms. The second-order valence-corrected chi connectivity index (χ2v) is 11.4. The third-order valence-corrected chi connectivity index (χ3v) is 8.12. The Balaban J connectivity index is 1.24. The van der Waals surface area contributed by atoms with Crippen molar-refractivity contribution in [2.45, 2.75) is 64.3 Å². The van der Waals surface area contributed by atoms with Gasteiger partial charge in [-0.05, 0) is 66.7 Å². The maximum Gasteiger partial charge on any atom is 0.325 e. The first-order valence-corrected chi connectivity index (χ1v) is 15.6. The van der Waals surface area contributed by atoms with Crippen LogP contribution < -0.4 is 10.6 Å². The van der Waals surface area contributed by atoms with Gasteiger partial charge in [0.1, 0.15) is 6.54 Å². The number of esters is 1. The van der Waals surface area contributed by atoms with Crippen LogP contribution in [0, 0.1) is 0 Å². The van der Waals surface area contributed by atoms with E-state index in [9.17, 15) is 14.7 Å². The van der Waals surface area contributed by atoms with Crippen LogP contribution in [0.4, 0.5) is 4.79 Å². The second kappa shape index (κ2) is 15.8. The molecule has 3 N–H and O–H groups in total. The average Bonchev–Trinajstić information content (AvgIpc) is 3.07. The van der Waals surface area contributed by atoms with Gasteiger partial charge in [-0.1, -0.05) is 73.2 Å². The van der Waals surface area contributed by atoms with E-state index in [2.05, 4.69) is 39.8 Å². The van der Waals surface area contributed by atoms with Crippen LogP contribution in [0.1, 0.15) is 67.3 Å². The molecular formula is C35H43N3O6. The third kappa shape index (κ3) is 8.89. The van der Waals surface area contributed by atoms with E-state index in [0.717, 1.165) is 59.4 Å². The van der Waals surface area contributed by atoms with Gasteiger partial charge in [-0.3, -0.25) is 4.79 Å². The summed E-state index contributed by atoms with van der Waals surface area (Å²) in [6.45, 7) is 5.29. The molecule has 0 unspecified atom stereocenters. The Kier molecular flexibility index (Phi) is 11.4. The van der Waals surface area contributed by atoms with Gasteiger partial charge in [0.25, 0.3) is 0 Å². The number of hydrogen-bond donors (Lipinski definition) is 3. The smallest absolute Gasteiger partial charge is 0.325 e. The molecular weight excluding hydrogens is 558 g/mol. The number of ether oxygens (including phenoxy) is 3. The zero-order chi connectivity index (χ0) is 30.7. The first-order valence-electron chi connectivity index (χ1n) is 15.6. The molecule has 2 heterocycles. The fraction of sp³-hybridized carbons (Fsp3) is 0.429. The lowest BCUT2D eigenvalue weighted by molar-refractivity contribution is -0.253. The predicted molar refractivity (Wildman–Crippen MR) is 167 cm³/mol. The molecule has 234 valence electrons. The zero-order valence-electron chi connectivity index (χ0n) is 25.4. The molecule has 9 nitrogen and oxygen atoms in total. The number of piperidine rings is 1. The van der Waals surface area contributed by atoms with Gasteiger partial charge in [-0.15, -0.1) is 0 Å². The number of urea groups is 1. The molecule has 2 saturated heterocycles. The third-order valence-electron chi connectivity index (χ3n) is 8.12. The van der Waals surface area contributed by atoms with Crippen LogP contribution in [0.5, 0.6) is 0 Å². The van der Waals surface area contributed by atoms with E-state index in [1.165, 1.54) is 19.3 Å². The lowest BCUT2D eigenvalue weighted by Crippen LogP contribution is -2.41. The minimum absolute atomic E-state index is 0.0212. The Hall–Kier alpha value is -3.76. The lowest BCUT2D eigenvalue weighted by Gasteiger charge is -2.39. The number of rotatable bonds is 11. The van der Waals surface area contributed by atoms with Crippen molar-refractivity contribution in [3.63, 3.8) is 0 Å². The molecule has 3 atom stereocenters. The van der Waals surface area contributed by atoms with E-state index in [-0.39, 0.29) is 32.0 Å².